The van der Waals surface area contributed by atoms with Gasteiger partial charge in [0, 0.05) is 20.2 Å². The van der Waals surface area contributed by atoms with Crippen molar-refractivity contribution in [2.24, 2.45) is 0 Å². The van der Waals surface area contributed by atoms with Crippen molar-refractivity contribution >= 4 is 17.4 Å². The van der Waals surface area contributed by atoms with Crippen LogP contribution in [0, 0.1) is 0 Å². The van der Waals surface area contributed by atoms with Crippen LogP contribution in [0.2, 0.25) is 5.15 Å². The van der Waals surface area contributed by atoms with E-state index in [0.717, 1.165) is 19.0 Å². The number of anilines is 1. The number of pyridine rings is 1. The highest BCUT2D eigenvalue weighted by molar-refractivity contribution is 6.29. The third-order valence-electron chi connectivity index (χ3n) is 1.87. The van der Waals surface area contributed by atoms with Gasteiger partial charge in [-0.1, -0.05) is 17.7 Å². The Balaban J connectivity index is 2.47. The molecule has 1 aromatic rings. The van der Waals surface area contributed by atoms with Crippen molar-refractivity contribution in [1.29, 1.82) is 0 Å². The Morgan fingerprint density at radius 1 is 1.50 bits per heavy atom. The molecule has 1 rings (SSSR count). The minimum absolute atomic E-state index is 0.519. The van der Waals surface area contributed by atoms with Crippen LogP contribution >= 0.6 is 11.6 Å². The zero-order valence-electron chi connectivity index (χ0n) is 8.53. The first-order valence-electron chi connectivity index (χ1n) is 4.65. The topological polar surface area (TPSA) is 25.4 Å². The SMILES string of the molecule is CCOCCN(C)c1cccc(Cl)n1. The van der Waals surface area contributed by atoms with Crippen molar-refractivity contribution in [3.05, 3.63) is 23.4 Å². The fourth-order valence-corrected chi connectivity index (χ4v) is 1.23. The molecular formula is C10H15ClN2O. The van der Waals surface area contributed by atoms with Crippen LogP contribution in [0.1, 0.15) is 6.92 Å². The monoisotopic (exact) mass is 214 g/mol. The lowest BCUT2D eigenvalue weighted by Crippen LogP contribution is -2.23. The van der Waals surface area contributed by atoms with E-state index in [1.54, 1.807) is 6.07 Å². The van der Waals surface area contributed by atoms with Gasteiger partial charge < -0.3 is 9.64 Å². The molecule has 0 amide bonds. The maximum atomic E-state index is 5.78. The van der Waals surface area contributed by atoms with E-state index in [0.29, 0.717) is 11.8 Å². The van der Waals surface area contributed by atoms with Crippen LogP contribution in [0.5, 0.6) is 0 Å². The van der Waals surface area contributed by atoms with Gasteiger partial charge in [0.05, 0.1) is 6.61 Å². The van der Waals surface area contributed by atoms with E-state index in [9.17, 15) is 0 Å². The number of rotatable bonds is 5. The fraction of sp³-hybridized carbons (Fsp3) is 0.500. The van der Waals surface area contributed by atoms with Crippen molar-refractivity contribution in [2.45, 2.75) is 6.92 Å². The first-order valence-corrected chi connectivity index (χ1v) is 5.03. The normalized spacial score (nSPS) is 10.2. The smallest absolute Gasteiger partial charge is 0.131 e. The Morgan fingerprint density at radius 3 is 2.93 bits per heavy atom. The molecule has 0 aliphatic rings. The molecule has 0 atom stereocenters. The summed E-state index contributed by atoms with van der Waals surface area (Å²) in [5.74, 6) is 0.872. The van der Waals surface area contributed by atoms with Gasteiger partial charge in [0.15, 0.2) is 0 Å². The molecule has 0 unspecified atom stereocenters. The Kier molecular flexibility index (Phi) is 4.70. The fourth-order valence-electron chi connectivity index (χ4n) is 1.07. The van der Waals surface area contributed by atoms with E-state index in [-0.39, 0.29) is 0 Å². The number of nitrogens with zero attached hydrogens (tertiary/aromatic N) is 2. The molecule has 78 valence electrons. The summed E-state index contributed by atoms with van der Waals surface area (Å²) in [4.78, 5) is 6.20. The van der Waals surface area contributed by atoms with E-state index in [1.807, 2.05) is 31.0 Å². The van der Waals surface area contributed by atoms with Crippen LogP contribution in [-0.4, -0.2) is 31.8 Å². The molecule has 0 aliphatic heterocycles. The van der Waals surface area contributed by atoms with Gasteiger partial charge in [0.1, 0.15) is 11.0 Å². The van der Waals surface area contributed by atoms with Gasteiger partial charge in [-0.2, -0.15) is 0 Å². The minimum atomic E-state index is 0.519. The molecule has 4 heteroatoms. The summed E-state index contributed by atoms with van der Waals surface area (Å²) in [7, 11) is 1.97. The van der Waals surface area contributed by atoms with Crippen molar-refractivity contribution in [2.75, 3.05) is 31.7 Å². The van der Waals surface area contributed by atoms with Crippen LogP contribution < -0.4 is 4.90 Å². The number of aromatic nitrogens is 1. The predicted octanol–water partition coefficient (Wildman–Crippen LogP) is 2.21. The first-order chi connectivity index (χ1) is 6.74. The average molecular weight is 215 g/mol. The lowest BCUT2D eigenvalue weighted by molar-refractivity contribution is 0.154. The summed E-state index contributed by atoms with van der Waals surface area (Å²) >= 11 is 5.78. The summed E-state index contributed by atoms with van der Waals surface area (Å²) in [6.07, 6.45) is 0. The van der Waals surface area contributed by atoms with Gasteiger partial charge >= 0.3 is 0 Å². The molecule has 0 aliphatic carbocycles. The van der Waals surface area contributed by atoms with E-state index in [4.69, 9.17) is 16.3 Å². The first kappa shape index (κ1) is 11.3. The van der Waals surface area contributed by atoms with Gasteiger partial charge in [-0.15, -0.1) is 0 Å². The van der Waals surface area contributed by atoms with Crippen LogP contribution in [0.15, 0.2) is 18.2 Å². The standard InChI is InChI=1S/C10H15ClN2O/c1-3-14-8-7-13(2)10-6-4-5-9(11)12-10/h4-6H,3,7-8H2,1-2H3. The molecule has 0 fully saturated rings. The summed E-state index contributed by atoms with van der Waals surface area (Å²) in [5.41, 5.74) is 0. The zero-order chi connectivity index (χ0) is 10.4. The Hall–Kier alpha value is -0.800. The van der Waals surface area contributed by atoms with Gasteiger partial charge in [-0.25, -0.2) is 4.98 Å². The summed E-state index contributed by atoms with van der Waals surface area (Å²) in [6, 6.07) is 5.58. The maximum Gasteiger partial charge on any atom is 0.131 e. The number of hydrogen-bond donors (Lipinski definition) is 0. The second-order valence-electron chi connectivity index (χ2n) is 2.94. The Bertz CT molecular complexity index is 281. The zero-order valence-corrected chi connectivity index (χ0v) is 9.29. The van der Waals surface area contributed by atoms with Crippen LogP contribution in [-0.2, 0) is 4.74 Å². The molecule has 0 saturated heterocycles. The second kappa shape index (κ2) is 5.83. The van der Waals surface area contributed by atoms with Crippen molar-refractivity contribution < 1.29 is 4.74 Å². The summed E-state index contributed by atoms with van der Waals surface area (Å²) < 4.78 is 5.25. The van der Waals surface area contributed by atoms with Crippen LogP contribution in [0.25, 0.3) is 0 Å². The third-order valence-corrected chi connectivity index (χ3v) is 2.08. The summed E-state index contributed by atoms with van der Waals surface area (Å²) in [6.45, 7) is 4.26. The maximum absolute atomic E-state index is 5.78. The number of likely N-dealkylation sites (N-methyl/N-ethyl adjacent to an activating group) is 1. The molecule has 0 saturated carbocycles. The molecule has 0 aromatic carbocycles. The largest absolute Gasteiger partial charge is 0.380 e. The number of ether oxygens (including phenoxy) is 1. The van der Waals surface area contributed by atoms with E-state index < -0.39 is 0 Å². The molecule has 0 bridgehead atoms. The highest BCUT2D eigenvalue weighted by atomic mass is 35.5. The minimum Gasteiger partial charge on any atom is -0.380 e. The predicted molar refractivity (Wildman–Crippen MR) is 59.0 cm³/mol. The molecule has 14 heavy (non-hydrogen) atoms. The molecular weight excluding hydrogens is 200 g/mol. The van der Waals surface area contributed by atoms with Gasteiger partial charge in [-0.05, 0) is 19.1 Å². The molecule has 0 spiro atoms. The molecule has 3 nitrogen and oxygen atoms in total. The van der Waals surface area contributed by atoms with Crippen molar-refractivity contribution in [1.82, 2.24) is 4.98 Å². The highest BCUT2D eigenvalue weighted by Crippen LogP contribution is 2.12. The van der Waals surface area contributed by atoms with Gasteiger partial charge in [0.25, 0.3) is 0 Å². The third kappa shape index (κ3) is 3.52. The molecule has 0 N–H and O–H groups in total. The van der Waals surface area contributed by atoms with E-state index >= 15 is 0 Å². The average Bonchev–Trinajstić information content (AvgIpc) is 2.18. The van der Waals surface area contributed by atoms with Crippen LogP contribution in [0.4, 0.5) is 5.82 Å². The van der Waals surface area contributed by atoms with E-state index in [2.05, 4.69) is 4.98 Å². The van der Waals surface area contributed by atoms with Crippen LogP contribution in [0.3, 0.4) is 0 Å². The Morgan fingerprint density at radius 2 is 2.29 bits per heavy atom. The quantitative estimate of drug-likeness (QED) is 0.555. The summed E-state index contributed by atoms with van der Waals surface area (Å²) in [5, 5.41) is 0.519. The number of hydrogen-bond acceptors (Lipinski definition) is 3. The molecule has 1 aromatic heterocycles. The van der Waals surface area contributed by atoms with Gasteiger partial charge in [-0.3, -0.25) is 0 Å². The van der Waals surface area contributed by atoms with Crippen molar-refractivity contribution in [3.8, 4) is 0 Å². The highest BCUT2D eigenvalue weighted by Gasteiger charge is 2.01. The Labute approximate surface area is 89.7 Å². The molecule has 1 heterocycles. The lowest BCUT2D eigenvalue weighted by Gasteiger charge is -2.17. The second-order valence-corrected chi connectivity index (χ2v) is 3.32. The van der Waals surface area contributed by atoms with E-state index in [1.165, 1.54) is 0 Å². The van der Waals surface area contributed by atoms with Crippen molar-refractivity contribution in [3.63, 3.8) is 0 Å². The number of halogens is 1. The van der Waals surface area contributed by atoms with Gasteiger partial charge in [0.2, 0.25) is 0 Å². The lowest BCUT2D eigenvalue weighted by atomic mass is 10.4. The molecule has 0 radical (unpaired) electrons.